The molecule has 3 nitrogen and oxygen atoms in total. The summed E-state index contributed by atoms with van der Waals surface area (Å²) in [5.74, 6) is 0. The fourth-order valence-electron chi connectivity index (χ4n) is 0.708. The van der Waals surface area contributed by atoms with Crippen LogP contribution in [0.25, 0.3) is 0 Å². The first-order valence-electron chi connectivity index (χ1n) is 2.75. The summed E-state index contributed by atoms with van der Waals surface area (Å²) >= 11 is 0. The third-order valence-electron chi connectivity index (χ3n) is 1.17. The zero-order valence-electron chi connectivity index (χ0n) is 4.75. The van der Waals surface area contributed by atoms with Crippen LogP contribution in [0, 0.1) is 0 Å². The van der Waals surface area contributed by atoms with Crippen molar-refractivity contribution in [2.75, 3.05) is 26.4 Å². The van der Waals surface area contributed by atoms with Gasteiger partial charge in [-0.05, 0) is 0 Å². The van der Waals surface area contributed by atoms with E-state index in [2.05, 4.69) is 9.89 Å². The molecule has 1 N–H and O–H groups in total. The van der Waals surface area contributed by atoms with Gasteiger partial charge in [0, 0.05) is 19.3 Å². The maximum absolute atomic E-state index is 8.43. The van der Waals surface area contributed by atoms with E-state index in [9.17, 15) is 0 Å². The molecule has 0 aromatic heterocycles. The van der Waals surface area contributed by atoms with Gasteiger partial charge in [0.2, 0.25) is 0 Å². The number of aliphatic imine (C=N–C) groups is 1. The van der Waals surface area contributed by atoms with Gasteiger partial charge in [0.25, 0.3) is 0 Å². The first kappa shape index (κ1) is 5.72. The zero-order valence-corrected chi connectivity index (χ0v) is 4.75. The maximum Gasteiger partial charge on any atom is 0.0910 e. The van der Waals surface area contributed by atoms with Gasteiger partial charge < -0.3 is 5.11 Å². The molecule has 3 heteroatoms. The number of aliphatic hydroxyl groups is 1. The van der Waals surface area contributed by atoms with E-state index in [1.54, 1.807) is 0 Å². The lowest BCUT2D eigenvalue weighted by Gasteiger charge is -2.09. The lowest BCUT2D eigenvalue weighted by molar-refractivity contribution is 0.223. The molecule has 0 aromatic rings. The minimum Gasteiger partial charge on any atom is -0.395 e. The highest BCUT2D eigenvalue weighted by Crippen LogP contribution is 1.91. The average Bonchev–Trinajstić information content (AvgIpc) is 2.19. The van der Waals surface area contributed by atoms with E-state index in [-0.39, 0.29) is 6.61 Å². The quantitative estimate of drug-likeness (QED) is 0.516. The molecule has 0 unspecified atom stereocenters. The Hall–Kier alpha value is -0.410. The Morgan fingerprint density at radius 2 is 2.62 bits per heavy atom. The summed E-state index contributed by atoms with van der Waals surface area (Å²) in [6, 6.07) is 0. The highest BCUT2D eigenvalue weighted by atomic mass is 16.3. The Labute approximate surface area is 48.6 Å². The monoisotopic (exact) mass is 114 g/mol. The zero-order chi connectivity index (χ0) is 5.82. The number of β-amino-alcohol motifs (C(OH)–C–C–N with tert-alkyl or cyclic N) is 1. The van der Waals surface area contributed by atoms with Crippen LogP contribution in [0.3, 0.4) is 0 Å². The number of hydrogen-bond acceptors (Lipinski definition) is 3. The van der Waals surface area contributed by atoms with E-state index in [0.717, 1.165) is 19.8 Å². The molecule has 46 valence electrons. The van der Waals surface area contributed by atoms with Crippen LogP contribution in [0.1, 0.15) is 0 Å². The second-order valence-electron chi connectivity index (χ2n) is 1.81. The number of rotatable bonds is 2. The van der Waals surface area contributed by atoms with Crippen LogP contribution in [0.2, 0.25) is 0 Å². The van der Waals surface area contributed by atoms with Gasteiger partial charge in [-0.15, -0.1) is 0 Å². The number of aliphatic hydroxyl groups excluding tert-OH is 1. The molecule has 0 amide bonds. The van der Waals surface area contributed by atoms with E-state index in [1.165, 1.54) is 0 Å². The molecule has 1 aliphatic rings. The molecule has 0 bridgehead atoms. The summed E-state index contributed by atoms with van der Waals surface area (Å²) < 4.78 is 0. The molecule has 0 aromatic carbocycles. The second-order valence-corrected chi connectivity index (χ2v) is 1.81. The van der Waals surface area contributed by atoms with Crippen molar-refractivity contribution in [3.63, 3.8) is 0 Å². The first-order chi connectivity index (χ1) is 3.93. The largest absolute Gasteiger partial charge is 0.395 e. The number of nitrogens with zero attached hydrogens (tertiary/aromatic N) is 2. The summed E-state index contributed by atoms with van der Waals surface area (Å²) in [7, 11) is 0. The van der Waals surface area contributed by atoms with Crippen molar-refractivity contribution >= 4 is 6.21 Å². The topological polar surface area (TPSA) is 35.8 Å². The Kier molecular flexibility index (Phi) is 2.00. The molecule has 0 saturated carbocycles. The highest BCUT2D eigenvalue weighted by Gasteiger charge is 2.03. The van der Waals surface area contributed by atoms with Crippen LogP contribution < -0.4 is 0 Å². The van der Waals surface area contributed by atoms with Gasteiger partial charge in [0.05, 0.1) is 13.3 Å². The summed E-state index contributed by atoms with van der Waals surface area (Å²) in [6.45, 7) is 2.66. The second kappa shape index (κ2) is 2.79. The van der Waals surface area contributed by atoms with Crippen LogP contribution in [0.5, 0.6) is 0 Å². The summed E-state index contributed by atoms with van der Waals surface area (Å²) in [5.41, 5.74) is 0. The van der Waals surface area contributed by atoms with E-state index >= 15 is 0 Å². The van der Waals surface area contributed by atoms with Gasteiger partial charge in [-0.2, -0.15) is 0 Å². The third-order valence-corrected chi connectivity index (χ3v) is 1.17. The third kappa shape index (κ3) is 1.28. The molecule has 8 heavy (non-hydrogen) atoms. The molecule has 0 fully saturated rings. The summed E-state index contributed by atoms with van der Waals surface area (Å²) in [4.78, 5) is 6.04. The lowest BCUT2D eigenvalue weighted by Crippen LogP contribution is -2.24. The molecule has 0 spiro atoms. The molecule has 0 atom stereocenters. The van der Waals surface area contributed by atoms with Crippen LogP contribution in [0.15, 0.2) is 4.99 Å². The summed E-state index contributed by atoms with van der Waals surface area (Å²) in [6.07, 6.45) is 1.87. The van der Waals surface area contributed by atoms with Crippen LogP contribution in [-0.2, 0) is 0 Å². The van der Waals surface area contributed by atoms with Crippen molar-refractivity contribution in [3.8, 4) is 0 Å². The number of hydrogen-bond donors (Lipinski definition) is 1. The van der Waals surface area contributed by atoms with Crippen molar-refractivity contribution in [2.24, 2.45) is 4.99 Å². The van der Waals surface area contributed by atoms with E-state index in [0.29, 0.717) is 0 Å². The van der Waals surface area contributed by atoms with Crippen LogP contribution in [-0.4, -0.2) is 42.6 Å². The SMILES string of the molecule is OCCN1CC=NC1. The standard InChI is InChI=1S/C5H10N2O/c8-4-3-7-2-1-6-5-7/h1,8H,2-5H2. The van der Waals surface area contributed by atoms with E-state index < -0.39 is 0 Å². The maximum atomic E-state index is 8.43. The normalized spacial score (nSPS) is 20.1. The first-order valence-corrected chi connectivity index (χ1v) is 2.75. The van der Waals surface area contributed by atoms with Gasteiger partial charge >= 0.3 is 0 Å². The van der Waals surface area contributed by atoms with Gasteiger partial charge in [-0.1, -0.05) is 0 Å². The summed E-state index contributed by atoms with van der Waals surface area (Å²) in [5, 5.41) is 8.43. The van der Waals surface area contributed by atoms with Crippen molar-refractivity contribution < 1.29 is 5.11 Å². The van der Waals surface area contributed by atoms with Gasteiger partial charge in [0.1, 0.15) is 0 Å². The molecule has 0 radical (unpaired) electrons. The van der Waals surface area contributed by atoms with Crippen molar-refractivity contribution in [1.82, 2.24) is 4.90 Å². The average molecular weight is 114 g/mol. The molecule has 1 rings (SSSR count). The Morgan fingerprint density at radius 3 is 3.12 bits per heavy atom. The molecular formula is C5H10N2O. The fourth-order valence-corrected chi connectivity index (χ4v) is 0.708. The Balaban J connectivity index is 2.10. The van der Waals surface area contributed by atoms with Gasteiger partial charge in [0.15, 0.2) is 0 Å². The minimum absolute atomic E-state index is 0.239. The van der Waals surface area contributed by atoms with Crippen LogP contribution in [0.4, 0.5) is 0 Å². The predicted molar refractivity (Wildman–Crippen MR) is 32.0 cm³/mol. The van der Waals surface area contributed by atoms with E-state index in [1.807, 2.05) is 6.21 Å². The van der Waals surface area contributed by atoms with E-state index in [4.69, 9.17) is 5.11 Å². The lowest BCUT2D eigenvalue weighted by atomic mass is 10.6. The van der Waals surface area contributed by atoms with Gasteiger partial charge in [-0.3, -0.25) is 9.89 Å². The smallest absolute Gasteiger partial charge is 0.0910 e. The molecule has 0 aliphatic carbocycles. The minimum atomic E-state index is 0.239. The molecular weight excluding hydrogens is 104 g/mol. The Morgan fingerprint density at radius 1 is 1.75 bits per heavy atom. The van der Waals surface area contributed by atoms with Crippen molar-refractivity contribution in [2.45, 2.75) is 0 Å². The fraction of sp³-hybridized carbons (Fsp3) is 0.800. The van der Waals surface area contributed by atoms with Gasteiger partial charge in [-0.25, -0.2) is 0 Å². The van der Waals surface area contributed by atoms with Crippen molar-refractivity contribution in [3.05, 3.63) is 0 Å². The van der Waals surface area contributed by atoms with Crippen LogP contribution >= 0.6 is 0 Å². The molecule has 1 aliphatic heterocycles. The highest BCUT2D eigenvalue weighted by molar-refractivity contribution is 5.61. The predicted octanol–water partition coefficient (Wildman–Crippen LogP) is -0.677. The Bertz CT molecular complexity index is 84.4. The molecule has 0 saturated heterocycles. The van der Waals surface area contributed by atoms with Crippen molar-refractivity contribution in [1.29, 1.82) is 0 Å². The molecule has 1 heterocycles.